The van der Waals surface area contributed by atoms with Crippen LogP contribution in [0.2, 0.25) is 0 Å². The maximum Gasteiger partial charge on any atom is 0.697 e. The second kappa shape index (κ2) is 3.52. The average molecular weight is 167 g/mol. The van der Waals surface area contributed by atoms with Gasteiger partial charge in [-0.3, -0.25) is 0 Å². The van der Waals surface area contributed by atoms with E-state index in [4.69, 9.17) is 9.05 Å². The molecule has 5 heteroatoms. The summed E-state index contributed by atoms with van der Waals surface area (Å²) >= 11 is 1.67. The Bertz CT molecular complexity index is 108. The van der Waals surface area contributed by atoms with Gasteiger partial charge in [-0.1, -0.05) is 0 Å². The summed E-state index contributed by atoms with van der Waals surface area (Å²) in [5.74, 6) is 0. The second-order valence-electron chi connectivity index (χ2n) is 1.67. The molecule has 0 N–H and O–H groups in total. The van der Waals surface area contributed by atoms with Crippen LogP contribution in [0.25, 0.3) is 0 Å². The van der Waals surface area contributed by atoms with Crippen molar-refractivity contribution < 1.29 is 13.6 Å². The first-order valence-corrected chi connectivity index (χ1v) is 4.97. The molecule has 1 aliphatic rings. The molecule has 3 nitrogen and oxygen atoms in total. The van der Waals surface area contributed by atoms with Gasteiger partial charge in [0, 0.05) is 4.57 Å². The van der Waals surface area contributed by atoms with Crippen LogP contribution in [0.3, 0.4) is 0 Å². The monoisotopic (exact) mass is 167 g/mol. The molecule has 0 radical (unpaired) electrons. The first-order chi connectivity index (χ1) is 4.33. The van der Waals surface area contributed by atoms with Gasteiger partial charge in [-0.15, -0.1) is 9.05 Å². The summed E-state index contributed by atoms with van der Waals surface area (Å²) in [5.41, 5.74) is 0. The van der Waals surface area contributed by atoms with Crippen molar-refractivity contribution >= 4 is 20.0 Å². The van der Waals surface area contributed by atoms with E-state index in [0.717, 1.165) is 0 Å². The predicted molar refractivity (Wildman–Crippen MR) is 36.8 cm³/mol. The molecule has 1 saturated heterocycles. The zero-order valence-corrected chi connectivity index (χ0v) is 6.78. The molecular weight excluding hydrogens is 159 g/mol. The molecule has 1 rings (SSSR count). The summed E-state index contributed by atoms with van der Waals surface area (Å²) in [4.78, 5) is 0. The highest BCUT2D eigenvalue weighted by Gasteiger charge is 2.30. The molecule has 0 spiro atoms. The Balaban J connectivity index is 2.26. The fourth-order valence-electron chi connectivity index (χ4n) is 0.509. The third kappa shape index (κ3) is 2.22. The van der Waals surface area contributed by atoms with Crippen LogP contribution < -0.4 is 0 Å². The van der Waals surface area contributed by atoms with Crippen LogP contribution in [0, 0.1) is 0 Å². The highest BCUT2D eigenvalue weighted by molar-refractivity contribution is 7.99. The molecule has 0 aromatic heterocycles. The Morgan fingerprint density at radius 1 is 1.56 bits per heavy atom. The quantitative estimate of drug-likeness (QED) is 0.553. The number of hydrogen-bond donors (Lipinski definition) is 0. The minimum atomic E-state index is -1.79. The fourth-order valence-corrected chi connectivity index (χ4v) is 1.80. The third-order valence-corrected chi connectivity index (χ3v) is 2.72. The van der Waals surface area contributed by atoms with E-state index in [1.54, 1.807) is 11.8 Å². The minimum absolute atomic E-state index is 0.359. The highest BCUT2D eigenvalue weighted by Crippen LogP contribution is 2.31. The van der Waals surface area contributed by atoms with Gasteiger partial charge in [-0.05, 0) is 6.26 Å². The summed E-state index contributed by atoms with van der Waals surface area (Å²) in [6, 6.07) is 0. The van der Waals surface area contributed by atoms with Crippen molar-refractivity contribution in [3.63, 3.8) is 0 Å². The Labute approximate surface area is 59.1 Å². The lowest BCUT2D eigenvalue weighted by atomic mass is 10.5. The van der Waals surface area contributed by atoms with Crippen molar-refractivity contribution in [2.75, 3.05) is 19.5 Å². The summed E-state index contributed by atoms with van der Waals surface area (Å²) in [6.45, 7) is 1.10. The molecule has 0 atom stereocenters. The smallest absolute Gasteiger partial charge is 0.157 e. The van der Waals surface area contributed by atoms with E-state index in [2.05, 4.69) is 0 Å². The minimum Gasteiger partial charge on any atom is -0.157 e. The molecule has 0 saturated carbocycles. The van der Waals surface area contributed by atoms with Gasteiger partial charge >= 0.3 is 8.25 Å². The Morgan fingerprint density at radius 3 is 2.56 bits per heavy atom. The second-order valence-corrected chi connectivity index (χ2v) is 3.77. The van der Waals surface area contributed by atoms with Gasteiger partial charge in [0.15, 0.2) is 0 Å². The zero-order chi connectivity index (χ0) is 6.69. The van der Waals surface area contributed by atoms with Gasteiger partial charge in [0.2, 0.25) is 0 Å². The van der Waals surface area contributed by atoms with Gasteiger partial charge in [-0.25, -0.2) is 0 Å². The molecule has 1 aliphatic heterocycles. The molecule has 0 amide bonds. The van der Waals surface area contributed by atoms with Gasteiger partial charge < -0.3 is 0 Å². The molecule has 0 aromatic rings. The number of hydrogen-bond acceptors (Lipinski definition) is 4. The number of thioether (sulfide) groups is 1. The topological polar surface area (TPSA) is 35.5 Å². The Morgan fingerprint density at radius 2 is 2.11 bits per heavy atom. The van der Waals surface area contributed by atoms with Crippen molar-refractivity contribution in [1.29, 1.82) is 0 Å². The molecule has 9 heavy (non-hydrogen) atoms. The van der Waals surface area contributed by atoms with E-state index in [0.29, 0.717) is 18.5 Å². The molecule has 0 bridgehead atoms. The first-order valence-electron chi connectivity index (χ1n) is 2.59. The molecule has 52 valence electrons. The normalized spacial score (nSPS) is 32.6. The molecule has 0 aliphatic carbocycles. The van der Waals surface area contributed by atoms with Crippen molar-refractivity contribution in [1.82, 2.24) is 0 Å². The summed E-state index contributed by atoms with van der Waals surface area (Å²) in [6.07, 6.45) is 1.98. The molecule has 1 fully saturated rings. The van der Waals surface area contributed by atoms with Crippen LogP contribution in [0.4, 0.5) is 0 Å². The van der Waals surface area contributed by atoms with Crippen LogP contribution in [0.1, 0.15) is 0 Å². The fraction of sp³-hybridized carbons (Fsp3) is 1.00. The summed E-state index contributed by atoms with van der Waals surface area (Å²) in [5, 5.41) is 0.359. The van der Waals surface area contributed by atoms with Crippen molar-refractivity contribution in [2.24, 2.45) is 0 Å². The summed E-state index contributed by atoms with van der Waals surface area (Å²) in [7, 11) is -1.79. The highest BCUT2D eigenvalue weighted by atomic mass is 32.2. The van der Waals surface area contributed by atoms with Crippen molar-refractivity contribution in [2.45, 2.75) is 5.25 Å². The largest absolute Gasteiger partial charge is 0.697 e. The lowest BCUT2D eigenvalue weighted by Gasteiger charge is -2.09. The summed E-state index contributed by atoms with van der Waals surface area (Å²) < 4.78 is 19.9. The zero-order valence-electron chi connectivity index (χ0n) is 5.07. The van der Waals surface area contributed by atoms with Crippen molar-refractivity contribution in [3.8, 4) is 0 Å². The van der Waals surface area contributed by atoms with E-state index in [-0.39, 0.29) is 0 Å². The van der Waals surface area contributed by atoms with Crippen molar-refractivity contribution in [3.05, 3.63) is 0 Å². The maximum atomic E-state index is 10.4. The Hall–Kier alpha value is 0.370. The van der Waals surface area contributed by atoms with E-state index >= 15 is 0 Å². The lowest BCUT2D eigenvalue weighted by Crippen LogP contribution is -2.19. The number of rotatable bonds is 1. The van der Waals surface area contributed by atoms with Gasteiger partial charge in [-0.2, -0.15) is 11.8 Å². The van der Waals surface area contributed by atoms with Gasteiger partial charge in [0.1, 0.15) is 13.2 Å². The standard InChI is InChI=1S/C4H8O3PS/c1-9-4-2-6-8(5)7-3-4/h4H,2-3H2,1H3/q+1. The van der Waals surface area contributed by atoms with Crippen LogP contribution in [0.15, 0.2) is 0 Å². The third-order valence-electron chi connectivity index (χ3n) is 1.07. The predicted octanol–water partition coefficient (Wildman–Crippen LogP) is 1.42. The first kappa shape index (κ1) is 7.48. The van der Waals surface area contributed by atoms with E-state index in [1.165, 1.54) is 0 Å². The average Bonchev–Trinajstić information content (AvgIpc) is 1.90. The lowest BCUT2D eigenvalue weighted by molar-refractivity contribution is 0.171. The van der Waals surface area contributed by atoms with Crippen LogP contribution in [0.5, 0.6) is 0 Å². The van der Waals surface area contributed by atoms with Gasteiger partial charge in [0.05, 0.1) is 5.25 Å². The Kier molecular flexibility index (Phi) is 2.92. The molecule has 1 heterocycles. The van der Waals surface area contributed by atoms with E-state index in [1.807, 2.05) is 6.26 Å². The molecular formula is C4H8O3PS+. The van der Waals surface area contributed by atoms with E-state index < -0.39 is 8.25 Å². The maximum absolute atomic E-state index is 10.4. The molecule has 0 unspecified atom stereocenters. The molecule has 0 aromatic carbocycles. The van der Waals surface area contributed by atoms with Crippen LogP contribution in [-0.4, -0.2) is 24.7 Å². The van der Waals surface area contributed by atoms with Crippen LogP contribution >= 0.6 is 20.0 Å². The SMILES string of the molecule is CSC1CO[P+](=O)OC1. The van der Waals surface area contributed by atoms with E-state index in [9.17, 15) is 4.57 Å². The van der Waals surface area contributed by atoms with Crippen LogP contribution in [-0.2, 0) is 13.6 Å². The van der Waals surface area contributed by atoms with Gasteiger partial charge in [0.25, 0.3) is 0 Å².